The average molecular weight is 255 g/mol. The van der Waals surface area contributed by atoms with E-state index in [0.29, 0.717) is 0 Å². The molecule has 0 spiro atoms. The van der Waals surface area contributed by atoms with Crippen LogP contribution in [0.25, 0.3) is 0 Å². The molecular weight excluding hydrogens is 246 g/mol. The van der Waals surface area contributed by atoms with Crippen molar-refractivity contribution < 1.29 is 18.3 Å². The summed E-state index contributed by atoms with van der Waals surface area (Å²) in [6.45, 7) is 0. The van der Waals surface area contributed by atoms with Gasteiger partial charge in [-0.05, 0) is 12.1 Å². The zero-order valence-electron chi connectivity index (χ0n) is 8.57. The highest BCUT2D eigenvalue weighted by Crippen LogP contribution is 2.12. The number of carboxylic acids is 1. The number of anilines is 1. The van der Waals surface area contributed by atoms with Crippen LogP contribution in [0.4, 0.5) is 5.95 Å². The third-order valence-electron chi connectivity index (χ3n) is 2.12. The lowest BCUT2D eigenvalue weighted by Crippen LogP contribution is -2.22. The Hall–Kier alpha value is -1.96. The van der Waals surface area contributed by atoms with Gasteiger partial charge in [-0.3, -0.25) is 0 Å². The maximum atomic E-state index is 11.1. The Morgan fingerprint density at radius 2 is 2.29 bits per heavy atom. The fourth-order valence-electron chi connectivity index (χ4n) is 1.38. The largest absolute Gasteiger partial charge is 0.477 e. The quantitative estimate of drug-likeness (QED) is 0.775. The molecule has 90 valence electrons. The van der Waals surface area contributed by atoms with Crippen molar-refractivity contribution in [3.8, 4) is 0 Å². The topological polar surface area (TPSA) is 109 Å². The summed E-state index contributed by atoms with van der Waals surface area (Å²) in [5.41, 5.74) is -0.146. The van der Waals surface area contributed by atoms with E-state index in [1.165, 1.54) is 18.3 Å². The SMILES string of the molecule is O=C(O)c1ccnc(NC2C=CS(=O)(=O)C2)n1. The number of hydrogen-bond acceptors (Lipinski definition) is 6. The molecule has 1 atom stereocenters. The zero-order valence-corrected chi connectivity index (χ0v) is 9.38. The number of nitrogens with one attached hydrogen (secondary N) is 1. The van der Waals surface area contributed by atoms with Crippen molar-refractivity contribution in [3.63, 3.8) is 0 Å². The Bertz CT molecular complexity index is 582. The molecule has 1 aliphatic rings. The van der Waals surface area contributed by atoms with E-state index in [1.54, 1.807) is 0 Å². The molecule has 2 N–H and O–H groups in total. The lowest BCUT2D eigenvalue weighted by molar-refractivity contribution is 0.0690. The maximum absolute atomic E-state index is 11.1. The number of nitrogens with zero attached hydrogens (tertiary/aromatic N) is 2. The molecule has 0 fully saturated rings. The van der Waals surface area contributed by atoms with Gasteiger partial charge in [0.25, 0.3) is 0 Å². The summed E-state index contributed by atoms with van der Waals surface area (Å²) in [5.74, 6) is -1.14. The standard InChI is InChI=1S/C9H9N3O4S/c13-8(14)7-1-3-10-9(12-7)11-6-2-4-17(15,16)5-6/h1-4,6H,5H2,(H,13,14)(H,10,11,12). The second kappa shape index (κ2) is 4.13. The van der Waals surface area contributed by atoms with Crippen molar-refractivity contribution in [1.29, 1.82) is 0 Å². The van der Waals surface area contributed by atoms with E-state index in [0.717, 1.165) is 5.41 Å². The normalized spacial score (nSPS) is 21.3. The summed E-state index contributed by atoms with van der Waals surface area (Å²) in [6.07, 6.45) is 2.78. The number of aromatic nitrogens is 2. The minimum Gasteiger partial charge on any atom is -0.477 e. The average Bonchev–Trinajstić information content (AvgIpc) is 2.58. The van der Waals surface area contributed by atoms with Gasteiger partial charge in [-0.25, -0.2) is 23.2 Å². The van der Waals surface area contributed by atoms with Gasteiger partial charge in [0.05, 0.1) is 11.8 Å². The molecule has 0 saturated carbocycles. The van der Waals surface area contributed by atoms with E-state index in [2.05, 4.69) is 15.3 Å². The number of hydrogen-bond donors (Lipinski definition) is 2. The molecule has 0 aromatic carbocycles. The molecule has 0 bridgehead atoms. The van der Waals surface area contributed by atoms with E-state index in [1.807, 2.05) is 0 Å². The lowest BCUT2D eigenvalue weighted by atomic mass is 10.3. The van der Waals surface area contributed by atoms with E-state index in [-0.39, 0.29) is 17.4 Å². The monoisotopic (exact) mass is 255 g/mol. The van der Waals surface area contributed by atoms with Gasteiger partial charge in [0.2, 0.25) is 5.95 Å². The summed E-state index contributed by atoms with van der Waals surface area (Å²) < 4.78 is 22.3. The predicted octanol–water partition coefficient (Wildman–Crippen LogP) is -0.103. The Morgan fingerprint density at radius 3 is 2.88 bits per heavy atom. The number of carboxylic acid groups (broad SMARTS) is 1. The molecular formula is C9H9N3O4S. The molecule has 1 aromatic rings. The summed E-state index contributed by atoms with van der Waals surface area (Å²) in [7, 11) is -3.16. The zero-order chi connectivity index (χ0) is 12.5. The Morgan fingerprint density at radius 1 is 1.53 bits per heavy atom. The molecule has 17 heavy (non-hydrogen) atoms. The second-order valence-electron chi connectivity index (χ2n) is 3.48. The predicted molar refractivity (Wildman–Crippen MR) is 59.3 cm³/mol. The van der Waals surface area contributed by atoms with E-state index in [9.17, 15) is 13.2 Å². The van der Waals surface area contributed by atoms with Crippen LogP contribution >= 0.6 is 0 Å². The van der Waals surface area contributed by atoms with Crippen molar-refractivity contribution >= 4 is 21.8 Å². The van der Waals surface area contributed by atoms with Crippen LogP contribution in [0, 0.1) is 0 Å². The first-order valence-corrected chi connectivity index (χ1v) is 6.42. The Balaban J connectivity index is 2.13. The highest BCUT2D eigenvalue weighted by atomic mass is 32.2. The van der Waals surface area contributed by atoms with Crippen molar-refractivity contribution in [3.05, 3.63) is 29.4 Å². The fourth-order valence-corrected chi connectivity index (χ4v) is 2.61. The van der Waals surface area contributed by atoms with Gasteiger partial charge >= 0.3 is 5.97 Å². The maximum Gasteiger partial charge on any atom is 0.354 e. The van der Waals surface area contributed by atoms with E-state index < -0.39 is 21.8 Å². The third kappa shape index (κ3) is 2.78. The summed E-state index contributed by atoms with van der Waals surface area (Å²) in [4.78, 5) is 18.2. The van der Waals surface area contributed by atoms with E-state index >= 15 is 0 Å². The smallest absolute Gasteiger partial charge is 0.354 e. The van der Waals surface area contributed by atoms with Crippen molar-refractivity contribution in [1.82, 2.24) is 9.97 Å². The number of rotatable bonds is 3. The van der Waals surface area contributed by atoms with Gasteiger partial charge in [-0.2, -0.15) is 0 Å². The van der Waals surface area contributed by atoms with Gasteiger partial charge in [-0.1, -0.05) is 0 Å². The van der Waals surface area contributed by atoms with Gasteiger partial charge in [-0.15, -0.1) is 0 Å². The van der Waals surface area contributed by atoms with Crippen LogP contribution in [0.2, 0.25) is 0 Å². The van der Waals surface area contributed by atoms with Crippen LogP contribution in [-0.2, 0) is 9.84 Å². The molecule has 0 aliphatic carbocycles. The molecule has 2 rings (SSSR count). The highest BCUT2D eigenvalue weighted by molar-refractivity contribution is 7.94. The minimum atomic E-state index is -3.16. The van der Waals surface area contributed by atoms with Gasteiger partial charge in [0.1, 0.15) is 0 Å². The van der Waals surface area contributed by atoms with Crippen LogP contribution in [-0.4, -0.2) is 41.3 Å². The summed E-state index contributed by atoms with van der Waals surface area (Å²) >= 11 is 0. The van der Waals surface area contributed by atoms with Crippen LogP contribution in [0.1, 0.15) is 10.5 Å². The van der Waals surface area contributed by atoms with Crippen LogP contribution < -0.4 is 5.32 Å². The van der Waals surface area contributed by atoms with Gasteiger partial charge in [0, 0.05) is 11.6 Å². The molecule has 0 saturated heterocycles. The molecule has 7 nitrogen and oxygen atoms in total. The molecule has 1 aliphatic heterocycles. The second-order valence-corrected chi connectivity index (χ2v) is 5.41. The fraction of sp³-hybridized carbons (Fsp3) is 0.222. The van der Waals surface area contributed by atoms with Crippen LogP contribution in [0.15, 0.2) is 23.7 Å². The highest BCUT2D eigenvalue weighted by Gasteiger charge is 2.22. The van der Waals surface area contributed by atoms with Crippen molar-refractivity contribution in [2.75, 3.05) is 11.1 Å². The molecule has 8 heteroatoms. The number of carbonyl (C=O) groups is 1. The third-order valence-corrected chi connectivity index (χ3v) is 3.51. The first-order valence-electron chi connectivity index (χ1n) is 4.70. The molecule has 0 radical (unpaired) electrons. The minimum absolute atomic E-state index is 0.0757. The Labute approximate surface area is 97.1 Å². The van der Waals surface area contributed by atoms with Gasteiger partial charge in [0.15, 0.2) is 15.5 Å². The van der Waals surface area contributed by atoms with E-state index in [4.69, 9.17) is 5.11 Å². The Kier molecular flexibility index (Phi) is 2.80. The first-order chi connectivity index (χ1) is 7.96. The number of sulfone groups is 1. The number of aromatic carboxylic acids is 1. The lowest BCUT2D eigenvalue weighted by Gasteiger charge is -2.09. The molecule has 2 heterocycles. The van der Waals surface area contributed by atoms with Crippen LogP contribution in [0.5, 0.6) is 0 Å². The summed E-state index contributed by atoms with van der Waals surface area (Å²) in [5, 5.41) is 12.6. The van der Waals surface area contributed by atoms with Crippen molar-refractivity contribution in [2.45, 2.75) is 6.04 Å². The summed E-state index contributed by atoms with van der Waals surface area (Å²) in [6, 6.07) is 0.832. The molecule has 1 aromatic heterocycles. The van der Waals surface area contributed by atoms with Crippen LogP contribution in [0.3, 0.4) is 0 Å². The van der Waals surface area contributed by atoms with Gasteiger partial charge < -0.3 is 10.4 Å². The molecule has 0 amide bonds. The molecule has 1 unspecified atom stereocenters. The van der Waals surface area contributed by atoms with Crippen molar-refractivity contribution in [2.24, 2.45) is 0 Å². The first kappa shape index (κ1) is 11.5.